The van der Waals surface area contributed by atoms with E-state index in [-0.39, 0.29) is 0 Å². The zero-order chi connectivity index (χ0) is 9.26. The summed E-state index contributed by atoms with van der Waals surface area (Å²) < 4.78 is 11.1. The van der Waals surface area contributed by atoms with Crippen LogP contribution in [0.3, 0.4) is 0 Å². The van der Waals surface area contributed by atoms with Gasteiger partial charge in [0.05, 0.1) is 22.5 Å². The Balaban J connectivity index is 2.69. The highest BCUT2D eigenvalue weighted by Gasteiger charge is 2.01. The van der Waals surface area contributed by atoms with Crippen LogP contribution in [0.4, 0.5) is 0 Å². The van der Waals surface area contributed by atoms with Gasteiger partial charge < -0.3 is 0 Å². The molecule has 0 bridgehead atoms. The van der Waals surface area contributed by atoms with E-state index >= 15 is 0 Å². The van der Waals surface area contributed by atoms with Crippen molar-refractivity contribution in [2.75, 3.05) is 6.26 Å². The van der Waals surface area contributed by atoms with E-state index in [4.69, 9.17) is 0 Å². The number of rotatable bonds is 1. The summed E-state index contributed by atoms with van der Waals surface area (Å²) in [4.78, 5) is 12.0. The van der Waals surface area contributed by atoms with E-state index in [0.29, 0.717) is 5.16 Å². The molecule has 1 atom stereocenters. The first-order chi connectivity index (χ1) is 6.27. The van der Waals surface area contributed by atoms with Crippen LogP contribution in [-0.2, 0) is 10.8 Å². The maximum atomic E-state index is 11.1. The molecule has 66 valence electrons. The van der Waals surface area contributed by atoms with Gasteiger partial charge in [-0.05, 0) is 6.07 Å². The van der Waals surface area contributed by atoms with Crippen LogP contribution < -0.4 is 0 Å². The summed E-state index contributed by atoms with van der Waals surface area (Å²) in [6.07, 6.45) is 6.51. The molecule has 0 fully saturated rings. The quantitative estimate of drug-likeness (QED) is 0.627. The van der Waals surface area contributed by atoms with Gasteiger partial charge in [0.1, 0.15) is 0 Å². The molecule has 0 aromatic carbocycles. The van der Waals surface area contributed by atoms with E-state index < -0.39 is 10.8 Å². The van der Waals surface area contributed by atoms with E-state index in [1.54, 1.807) is 24.8 Å². The Morgan fingerprint density at radius 1 is 1.38 bits per heavy atom. The van der Waals surface area contributed by atoms with E-state index in [2.05, 4.69) is 15.0 Å². The summed E-state index contributed by atoms with van der Waals surface area (Å²) in [5.74, 6) is 0. The maximum Gasteiger partial charge on any atom is 0.218 e. The normalized spacial score (nSPS) is 13.0. The highest BCUT2D eigenvalue weighted by Crippen LogP contribution is 2.08. The van der Waals surface area contributed by atoms with E-state index in [9.17, 15) is 4.21 Å². The van der Waals surface area contributed by atoms with Gasteiger partial charge in [0.25, 0.3) is 0 Å². The van der Waals surface area contributed by atoms with Gasteiger partial charge in [0, 0.05) is 24.0 Å². The van der Waals surface area contributed by atoms with Gasteiger partial charge in [0.2, 0.25) is 5.16 Å². The molecule has 2 heterocycles. The van der Waals surface area contributed by atoms with E-state index in [1.165, 1.54) is 0 Å². The molecule has 4 nitrogen and oxygen atoms in total. The fourth-order valence-electron chi connectivity index (χ4n) is 0.995. The molecule has 0 aliphatic heterocycles. The lowest BCUT2D eigenvalue weighted by Crippen LogP contribution is -1.96. The fraction of sp³-hybridized carbons (Fsp3) is 0.125. The number of pyridine rings is 1. The smallest absolute Gasteiger partial charge is 0.218 e. The second kappa shape index (κ2) is 3.18. The molecule has 0 radical (unpaired) electrons. The van der Waals surface area contributed by atoms with Gasteiger partial charge in [-0.15, -0.1) is 0 Å². The van der Waals surface area contributed by atoms with E-state index in [0.717, 1.165) is 10.9 Å². The number of nitrogens with zero attached hydrogens (tertiary/aromatic N) is 3. The maximum absolute atomic E-state index is 11.1. The van der Waals surface area contributed by atoms with Crippen LogP contribution in [0.25, 0.3) is 10.9 Å². The van der Waals surface area contributed by atoms with Crippen LogP contribution in [-0.4, -0.2) is 25.4 Å². The number of hydrogen-bond donors (Lipinski definition) is 0. The Morgan fingerprint density at radius 2 is 2.23 bits per heavy atom. The lowest BCUT2D eigenvalue weighted by Gasteiger charge is -1.97. The average Bonchev–Trinajstić information content (AvgIpc) is 2.17. The number of hydrogen-bond acceptors (Lipinski definition) is 4. The lowest BCUT2D eigenvalue weighted by atomic mass is 10.3. The minimum atomic E-state index is -1.13. The van der Waals surface area contributed by atoms with Crippen molar-refractivity contribution < 1.29 is 4.21 Å². The topological polar surface area (TPSA) is 55.7 Å². The molecule has 0 N–H and O–H groups in total. The van der Waals surface area contributed by atoms with Gasteiger partial charge >= 0.3 is 0 Å². The molecule has 0 saturated carbocycles. The van der Waals surface area contributed by atoms with Crippen molar-refractivity contribution >= 4 is 21.7 Å². The highest BCUT2D eigenvalue weighted by molar-refractivity contribution is 7.84. The van der Waals surface area contributed by atoms with Crippen LogP contribution in [0.1, 0.15) is 0 Å². The summed E-state index contributed by atoms with van der Waals surface area (Å²) in [5.41, 5.74) is 0.725. The van der Waals surface area contributed by atoms with Crippen molar-refractivity contribution in [3.8, 4) is 0 Å². The first kappa shape index (κ1) is 8.25. The van der Waals surface area contributed by atoms with Gasteiger partial charge in [-0.25, -0.2) is 9.97 Å². The third-order valence-electron chi connectivity index (χ3n) is 1.62. The largest absolute Gasteiger partial charge is 0.262 e. The number of aromatic nitrogens is 3. The Morgan fingerprint density at radius 3 is 3.00 bits per heavy atom. The Labute approximate surface area is 77.5 Å². The number of fused-ring (bicyclic) bond motifs is 1. The third-order valence-corrected chi connectivity index (χ3v) is 2.33. The van der Waals surface area contributed by atoms with Crippen molar-refractivity contribution in [3.05, 3.63) is 24.7 Å². The summed E-state index contributed by atoms with van der Waals surface area (Å²) >= 11 is 0. The SMILES string of the molecule is CS(=O)c1ncc2ccncc2n1. The summed E-state index contributed by atoms with van der Waals surface area (Å²) in [5, 5.41) is 1.25. The van der Waals surface area contributed by atoms with Crippen molar-refractivity contribution in [2.24, 2.45) is 0 Å². The second-order valence-electron chi connectivity index (χ2n) is 2.54. The Kier molecular flexibility index (Phi) is 2.02. The predicted octanol–water partition coefficient (Wildman–Crippen LogP) is 0.762. The average molecular weight is 193 g/mol. The van der Waals surface area contributed by atoms with Gasteiger partial charge in [-0.3, -0.25) is 9.19 Å². The Hall–Kier alpha value is -1.36. The van der Waals surface area contributed by atoms with Crippen LogP contribution >= 0.6 is 0 Å². The first-order valence-corrected chi connectivity index (χ1v) is 5.23. The summed E-state index contributed by atoms with van der Waals surface area (Å²) in [6.45, 7) is 0. The molecule has 2 rings (SSSR count). The van der Waals surface area contributed by atoms with Crippen LogP contribution in [0.2, 0.25) is 0 Å². The molecule has 0 spiro atoms. The molecule has 2 aromatic heterocycles. The van der Waals surface area contributed by atoms with Crippen LogP contribution in [0, 0.1) is 0 Å². The van der Waals surface area contributed by atoms with Crippen LogP contribution in [0.5, 0.6) is 0 Å². The molecular formula is C8H7N3OS. The third kappa shape index (κ3) is 1.55. The lowest BCUT2D eigenvalue weighted by molar-refractivity contribution is 0.680. The zero-order valence-corrected chi connectivity index (χ0v) is 7.78. The van der Waals surface area contributed by atoms with Crippen molar-refractivity contribution in [2.45, 2.75) is 5.16 Å². The fourth-order valence-corrected chi connectivity index (χ4v) is 1.42. The highest BCUT2D eigenvalue weighted by atomic mass is 32.2. The minimum absolute atomic E-state index is 0.348. The van der Waals surface area contributed by atoms with Crippen molar-refractivity contribution in [3.63, 3.8) is 0 Å². The van der Waals surface area contributed by atoms with Gasteiger partial charge in [-0.2, -0.15) is 0 Å². The molecule has 2 aromatic rings. The summed E-state index contributed by atoms with van der Waals surface area (Å²) in [7, 11) is -1.13. The zero-order valence-electron chi connectivity index (χ0n) is 6.97. The molecule has 0 saturated heterocycles. The predicted molar refractivity (Wildman–Crippen MR) is 49.7 cm³/mol. The summed E-state index contributed by atoms with van der Waals surface area (Å²) in [6, 6.07) is 1.82. The molecule has 5 heteroatoms. The molecule has 13 heavy (non-hydrogen) atoms. The van der Waals surface area contributed by atoms with Gasteiger partial charge in [0.15, 0.2) is 0 Å². The van der Waals surface area contributed by atoms with Gasteiger partial charge in [-0.1, -0.05) is 0 Å². The van der Waals surface area contributed by atoms with Crippen molar-refractivity contribution in [1.82, 2.24) is 15.0 Å². The molecule has 0 amide bonds. The van der Waals surface area contributed by atoms with E-state index in [1.807, 2.05) is 6.07 Å². The minimum Gasteiger partial charge on any atom is -0.262 e. The molecule has 0 aliphatic rings. The first-order valence-electron chi connectivity index (χ1n) is 3.67. The van der Waals surface area contributed by atoms with Crippen molar-refractivity contribution in [1.29, 1.82) is 0 Å². The Bertz CT molecular complexity index is 472. The monoisotopic (exact) mass is 193 g/mol. The molecule has 1 unspecified atom stereocenters. The second-order valence-corrected chi connectivity index (χ2v) is 3.81. The standard InChI is InChI=1S/C8H7N3OS/c1-13(12)8-10-4-6-2-3-9-5-7(6)11-8/h2-5H,1H3. The van der Waals surface area contributed by atoms with Crippen LogP contribution in [0.15, 0.2) is 29.8 Å². The molecular weight excluding hydrogens is 186 g/mol. The molecule has 0 aliphatic carbocycles.